The fourth-order valence-electron chi connectivity index (χ4n) is 8.10. The average Bonchev–Trinajstić information content (AvgIpc) is 3.29. The maximum atomic E-state index is 15.8. The van der Waals surface area contributed by atoms with Crippen molar-refractivity contribution in [3.63, 3.8) is 0 Å². The Morgan fingerprint density at radius 3 is 1.27 bits per heavy atom. The number of hydrogen-bond acceptors (Lipinski definition) is 7. The molecule has 9 heteroatoms. The molecule has 7 aromatic rings. The van der Waals surface area contributed by atoms with Crippen LogP contribution < -0.4 is 9.05 Å². The fourth-order valence-corrected chi connectivity index (χ4v) is 10.8. The van der Waals surface area contributed by atoms with Gasteiger partial charge in [0.15, 0.2) is 0 Å². The number of carbonyl (C=O) groups excluding carboxylic acids is 1. The molecule has 0 unspecified atom stereocenters. The van der Waals surface area contributed by atoms with E-state index in [1.165, 1.54) is 11.1 Å². The molecule has 0 aliphatic carbocycles. The molecule has 0 bridgehead atoms. The highest BCUT2D eigenvalue weighted by atomic mass is 31.2. The average molecular weight is 899 g/mol. The van der Waals surface area contributed by atoms with Crippen LogP contribution in [0, 0.1) is 0 Å². The third-order valence-electron chi connectivity index (χ3n) is 12.8. The van der Waals surface area contributed by atoms with Gasteiger partial charge in [-0.25, -0.2) is 0 Å². The lowest BCUT2D eigenvalue weighted by Gasteiger charge is -2.29. The molecule has 0 radical (unpaired) electrons. The summed E-state index contributed by atoms with van der Waals surface area (Å²) in [5, 5.41) is 5.18. The Bertz CT molecular complexity index is 2910. The fraction of sp³-hybridized carbons (Fsp3) is 0.400. The summed E-state index contributed by atoms with van der Waals surface area (Å²) in [5.41, 5.74) is 4.58. The Morgan fingerprint density at radius 2 is 0.875 bits per heavy atom. The van der Waals surface area contributed by atoms with Crippen molar-refractivity contribution in [1.82, 2.24) is 0 Å². The number of rotatable bonds is 6. The van der Waals surface area contributed by atoms with Gasteiger partial charge in [-0.3, -0.25) is 13.8 Å². The molecule has 2 heterocycles. The third kappa shape index (κ3) is 8.51. The largest absolute Gasteiger partial charge is 0.453 e. The quantitative estimate of drug-likeness (QED) is 0.121. The van der Waals surface area contributed by atoms with E-state index in [0.29, 0.717) is 22.6 Å². The van der Waals surface area contributed by atoms with Crippen LogP contribution in [0.15, 0.2) is 105 Å². The third-order valence-corrected chi connectivity index (χ3v) is 15.4. The second-order valence-corrected chi connectivity index (χ2v) is 24.5. The van der Waals surface area contributed by atoms with Crippen molar-refractivity contribution < 1.29 is 31.3 Å². The smallest absolute Gasteiger partial charge is 0.426 e. The molecule has 6 aromatic carbocycles. The number of benzene rings is 6. The van der Waals surface area contributed by atoms with Crippen LogP contribution in [0.25, 0.3) is 43.5 Å². The number of carbonyl (C=O) groups is 1. The van der Waals surface area contributed by atoms with Crippen molar-refractivity contribution in [2.45, 2.75) is 144 Å². The van der Waals surface area contributed by atoms with Crippen molar-refractivity contribution in [2.75, 3.05) is 0 Å². The minimum atomic E-state index is -2.21. The molecule has 1 aromatic heterocycles. The first-order valence-corrected chi connectivity index (χ1v) is 24.5. The summed E-state index contributed by atoms with van der Waals surface area (Å²) < 4.78 is 40.8. The minimum Gasteiger partial charge on any atom is -0.426 e. The molecule has 0 amide bonds. The van der Waals surface area contributed by atoms with Gasteiger partial charge in [-0.1, -0.05) is 156 Å². The molecule has 0 N–H and O–H groups in total. The molecule has 0 saturated carbocycles. The summed E-state index contributed by atoms with van der Waals surface area (Å²) in [6.07, 6.45) is 0. The Balaban J connectivity index is 1.42. The molecular formula is C55H64O7P2. The number of ketones is 1. The van der Waals surface area contributed by atoms with Gasteiger partial charge < -0.3 is 17.4 Å². The highest BCUT2D eigenvalue weighted by Crippen LogP contribution is 2.59. The Kier molecular flexibility index (Phi) is 11.3. The summed E-state index contributed by atoms with van der Waals surface area (Å²) in [7, 11) is -4.05. The van der Waals surface area contributed by atoms with Gasteiger partial charge in [-0.15, -0.1) is 0 Å². The predicted octanol–water partition coefficient (Wildman–Crippen LogP) is 17.1. The van der Waals surface area contributed by atoms with Crippen molar-refractivity contribution in [3.8, 4) is 11.5 Å². The molecule has 0 spiro atoms. The standard InChI is InChI=1S/C55H64O7P2/c1-50(2,3)35-29-39-40-30-36(51(4,5)6)32-42(53(10,11)12)49(40)60-63(59-48(39)41(31-35)52(7,8)9)57-43-27-25-33-21-17-19-23-37(33)45(43)47(56)46-38-24-20-18-22-34(38)26-28-44(46)58-64-61-54(13,14)55(15,16)62-64/h17-32H,1-16H3. The van der Waals surface area contributed by atoms with E-state index in [0.717, 1.165) is 54.6 Å². The first-order chi connectivity index (χ1) is 29.6. The van der Waals surface area contributed by atoms with Gasteiger partial charge in [0.2, 0.25) is 5.78 Å². The molecule has 336 valence electrons. The zero-order chi connectivity index (χ0) is 46.5. The molecule has 64 heavy (non-hydrogen) atoms. The van der Waals surface area contributed by atoms with Crippen molar-refractivity contribution in [2.24, 2.45) is 0 Å². The van der Waals surface area contributed by atoms with E-state index in [-0.39, 0.29) is 27.4 Å². The van der Waals surface area contributed by atoms with Gasteiger partial charge >= 0.3 is 16.8 Å². The number of hydrogen-bond donors (Lipinski definition) is 0. The van der Waals surface area contributed by atoms with Crippen LogP contribution in [0.4, 0.5) is 0 Å². The second-order valence-electron chi connectivity index (χ2n) is 22.5. The van der Waals surface area contributed by atoms with Gasteiger partial charge in [-0.2, -0.15) is 0 Å². The first-order valence-electron chi connectivity index (χ1n) is 22.3. The van der Waals surface area contributed by atoms with Crippen LogP contribution in [0.2, 0.25) is 0 Å². The van der Waals surface area contributed by atoms with Crippen molar-refractivity contribution >= 4 is 66.1 Å². The first kappa shape index (κ1) is 45.9. The molecular weight excluding hydrogens is 835 g/mol. The topological polar surface area (TPSA) is 80.3 Å². The van der Waals surface area contributed by atoms with Gasteiger partial charge in [0.25, 0.3) is 0 Å². The Hall–Kier alpha value is -4.64. The molecule has 8 rings (SSSR count). The monoisotopic (exact) mass is 898 g/mol. The summed E-state index contributed by atoms with van der Waals surface area (Å²) in [6, 6.07) is 32.5. The normalized spacial score (nSPS) is 15.9. The van der Waals surface area contributed by atoms with Crippen LogP contribution >= 0.6 is 16.8 Å². The van der Waals surface area contributed by atoms with Crippen LogP contribution in [-0.4, -0.2) is 17.0 Å². The van der Waals surface area contributed by atoms with Gasteiger partial charge in [0.05, 0.1) is 11.1 Å². The lowest BCUT2D eigenvalue weighted by molar-refractivity contribution is 0.00578. The van der Waals surface area contributed by atoms with Gasteiger partial charge in [-0.05, 0) is 106 Å². The van der Waals surface area contributed by atoms with E-state index in [1.807, 2.05) is 100 Å². The Morgan fingerprint density at radius 1 is 0.484 bits per heavy atom. The Labute approximate surface area is 381 Å². The predicted molar refractivity (Wildman–Crippen MR) is 266 cm³/mol. The highest BCUT2D eigenvalue weighted by Gasteiger charge is 2.52. The maximum absolute atomic E-state index is 15.8. The van der Waals surface area contributed by atoms with Gasteiger partial charge in [0, 0.05) is 21.9 Å². The molecule has 1 saturated heterocycles. The van der Waals surface area contributed by atoms with Crippen molar-refractivity contribution in [1.29, 1.82) is 0 Å². The summed E-state index contributed by atoms with van der Waals surface area (Å²) in [4.78, 5) is 15.8. The lowest BCUT2D eigenvalue weighted by atomic mass is 9.77. The summed E-state index contributed by atoms with van der Waals surface area (Å²) in [6.45, 7) is 34.8. The van der Waals surface area contributed by atoms with Crippen LogP contribution in [0.1, 0.15) is 149 Å². The highest BCUT2D eigenvalue weighted by molar-refractivity contribution is 7.42. The van der Waals surface area contributed by atoms with E-state index < -0.39 is 28.0 Å². The van der Waals surface area contributed by atoms with E-state index >= 15 is 4.79 Å². The van der Waals surface area contributed by atoms with Crippen molar-refractivity contribution in [3.05, 3.63) is 130 Å². The summed E-state index contributed by atoms with van der Waals surface area (Å²) >= 11 is 0. The van der Waals surface area contributed by atoms with Gasteiger partial charge in [0.1, 0.15) is 33.9 Å². The van der Waals surface area contributed by atoms with Crippen LogP contribution in [0.3, 0.4) is 0 Å². The van der Waals surface area contributed by atoms with E-state index in [2.05, 4.69) is 107 Å². The van der Waals surface area contributed by atoms with E-state index in [4.69, 9.17) is 26.5 Å². The van der Waals surface area contributed by atoms with E-state index in [9.17, 15) is 0 Å². The molecule has 1 aliphatic heterocycles. The van der Waals surface area contributed by atoms with E-state index in [1.54, 1.807) is 0 Å². The molecule has 1 aliphatic rings. The van der Waals surface area contributed by atoms with Crippen LogP contribution in [0.5, 0.6) is 11.5 Å². The number of fused-ring (bicyclic) bond motifs is 5. The minimum absolute atomic E-state index is 0.147. The molecule has 0 atom stereocenters. The zero-order valence-corrected chi connectivity index (χ0v) is 42.3. The summed E-state index contributed by atoms with van der Waals surface area (Å²) in [5.74, 6) is 0.436. The molecule has 7 nitrogen and oxygen atoms in total. The second kappa shape index (κ2) is 15.8. The lowest BCUT2D eigenvalue weighted by Crippen LogP contribution is -2.41. The maximum Gasteiger partial charge on any atom is 0.453 e. The van der Waals surface area contributed by atoms with Crippen LogP contribution in [-0.2, 0) is 30.7 Å². The SMILES string of the molecule is CC(C)(C)c1cc(C(C)(C)C)c2op(Oc3ccc4ccccc4c3C(=O)c3c(OP4OC(C)(C)C(C)(C)O4)ccc4ccccc34)oc3c(C(C)(C)C)cc(C(C)(C)C)cc3c2c1. The molecule has 1 fully saturated rings. The zero-order valence-electron chi connectivity index (χ0n) is 40.5.